The van der Waals surface area contributed by atoms with Gasteiger partial charge in [-0.3, -0.25) is 9.78 Å². The SMILES string of the molecule is CC1CN(c2ccc(Cc3cc(C(=O)N4CCCC4CN4CCCC4)c4cc(-c5ccc6c(c5)OCO6)ccc4n3)cc2)CCN1. The van der Waals surface area contributed by atoms with Gasteiger partial charge in [0, 0.05) is 68.0 Å². The van der Waals surface area contributed by atoms with Crippen molar-refractivity contribution in [2.45, 2.75) is 51.1 Å². The van der Waals surface area contributed by atoms with Gasteiger partial charge < -0.3 is 29.5 Å². The largest absolute Gasteiger partial charge is 0.454 e. The number of anilines is 1. The molecule has 5 heterocycles. The molecule has 8 rings (SSSR count). The maximum Gasteiger partial charge on any atom is 0.254 e. The van der Waals surface area contributed by atoms with Gasteiger partial charge in [-0.05, 0) is 105 Å². The number of benzene rings is 3. The Morgan fingerprint density at radius 3 is 2.54 bits per heavy atom. The van der Waals surface area contributed by atoms with Crippen LogP contribution in [0.1, 0.15) is 54.2 Å². The summed E-state index contributed by atoms with van der Waals surface area (Å²) in [4.78, 5) is 26.8. The van der Waals surface area contributed by atoms with Crippen molar-refractivity contribution < 1.29 is 14.3 Å². The Hall–Kier alpha value is -4.14. The molecule has 1 N–H and O–H groups in total. The van der Waals surface area contributed by atoms with Crippen LogP contribution in [0.15, 0.2) is 66.7 Å². The number of fused-ring (bicyclic) bond motifs is 2. The summed E-state index contributed by atoms with van der Waals surface area (Å²) < 4.78 is 11.2. The zero-order chi connectivity index (χ0) is 31.0. The van der Waals surface area contributed by atoms with E-state index in [9.17, 15) is 4.79 Å². The van der Waals surface area contributed by atoms with E-state index in [1.807, 2.05) is 12.1 Å². The highest BCUT2D eigenvalue weighted by Crippen LogP contribution is 2.37. The van der Waals surface area contributed by atoms with E-state index in [0.717, 1.165) is 103 Å². The van der Waals surface area contributed by atoms with Crippen LogP contribution in [-0.4, -0.2) is 85.4 Å². The molecule has 238 valence electrons. The van der Waals surface area contributed by atoms with Gasteiger partial charge in [-0.1, -0.05) is 24.3 Å². The molecule has 3 fully saturated rings. The normalized spacial score (nSPS) is 21.4. The van der Waals surface area contributed by atoms with Crippen molar-refractivity contribution >= 4 is 22.5 Å². The lowest BCUT2D eigenvalue weighted by Gasteiger charge is -2.33. The van der Waals surface area contributed by atoms with Crippen molar-refractivity contribution in [2.24, 2.45) is 0 Å². The number of rotatable bonds is 7. The summed E-state index contributed by atoms with van der Waals surface area (Å²) in [7, 11) is 0. The number of nitrogens with zero attached hydrogens (tertiary/aromatic N) is 4. The molecule has 1 aromatic heterocycles. The van der Waals surface area contributed by atoms with E-state index in [2.05, 4.69) is 81.5 Å². The third-order valence-corrected chi connectivity index (χ3v) is 10.2. The molecule has 8 heteroatoms. The van der Waals surface area contributed by atoms with E-state index in [4.69, 9.17) is 14.5 Å². The van der Waals surface area contributed by atoms with Gasteiger partial charge in [-0.25, -0.2) is 0 Å². The summed E-state index contributed by atoms with van der Waals surface area (Å²) in [5, 5.41) is 4.43. The molecule has 8 nitrogen and oxygen atoms in total. The van der Waals surface area contributed by atoms with E-state index in [-0.39, 0.29) is 18.7 Å². The van der Waals surface area contributed by atoms with Crippen LogP contribution in [0.25, 0.3) is 22.0 Å². The maximum absolute atomic E-state index is 14.5. The van der Waals surface area contributed by atoms with Crippen molar-refractivity contribution in [1.29, 1.82) is 0 Å². The molecule has 4 aromatic rings. The molecule has 4 aliphatic rings. The predicted molar refractivity (Wildman–Crippen MR) is 182 cm³/mol. The van der Waals surface area contributed by atoms with Gasteiger partial charge >= 0.3 is 0 Å². The second-order valence-corrected chi connectivity index (χ2v) is 13.4. The Balaban J connectivity index is 1.13. The summed E-state index contributed by atoms with van der Waals surface area (Å²) in [6.45, 7) is 9.59. The first kappa shape index (κ1) is 29.3. The number of hydrogen-bond acceptors (Lipinski definition) is 7. The summed E-state index contributed by atoms with van der Waals surface area (Å²) in [5.41, 5.74) is 7.04. The van der Waals surface area contributed by atoms with E-state index < -0.39 is 0 Å². The van der Waals surface area contributed by atoms with Crippen molar-refractivity contribution in [3.63, 3.8) is 0 Å². The lowest BCUT2D eigenvalue weighted by Crippen LogP contribution is -2.49. The molecule has 0 aliphatic carbocycles. The lowest BCUT2D eigenvalue weighted by atomic mass is 9.98. The van der Waals surface area contributed by atoms with Gasteiger partial charge in [0.2, 0.25) is 6.79 Å². The molecule has 3 aromatic carbocycles. The number of aromatic nitrogens is 1. The minimum absolute atomic E-state index is 0.126. The third kappa shape index (κ3) is 5.92. The molecule has 2 unspecified atom stereocenters. The van der Waals surface area contributed by atoms with Crippen LogP contribution in [0.4, 0.5) is 5.69 Å². The van der Waals surface area contributed by atoms with Gasteiger partial charge in [-0.2, -0.15) is 0 Å². The Bertz CT molecular complexity index is 1730. The van der Waals surface area contributed by atoms with Crippen molar-refractivity contribution in [3.8, 4) is 22.6 Å². The average molecular weight is 618 g/mol. The predicted octanol–water partition coefficient (Wildman–Crippen LogP) is 5.72. The van der Waals surface area contributed by atoms with Crippen LogP contribution in [0.5, 0.6) is 11.5 Å². The molecule has 0 saturated carbocycles. The van der Waals surface area contributed by atoms with Gasteiger partial charge in [0.25, 0.3) is 5.91 Å². The zero-order valence-electron chi connectivity index (χ0n) is 26.7. The van der Waals surface area contributed by atoms with E-state index in [1.165, 1.54) is 24.1 Å². The fourth-order valence-electron chi connectivity index (χ4n) is 7.72. The monoisotopic (exact) mass is 617 g/mol. The number of ether oxygens (including phenoxy) is 2. The molecule has 1 amide bonds. The number of pyridine rings is 1. The fraction of sp³-hybridized carbons (Fsp3) is 0.421. The van der Waals surface area contributed by atoms with Crippen LogP contribution in [0.3, 0.4) is 0 Å². The summed E-state index contributed by atoms with van der Waals surface area (Å²) in [5.74, 6) is 1.64. The van der Waals surface area contributed by atoms with Crippen LogP contribution in [0.2, 0.25) is 0 Å². The summed E-state index contributed by atoms with van der Waals surface area (Å²) in [6.07, 6.45) is 5.32. The fourth-order valence-corrected chi connectivity index (χ4v) is 7.72. The maximum atomic E-state index is 14.5. The smallest absolute Gasteiger partial charge is 0.254 e. The Kier molecular flexibility index (Phi) is 8.00. The molecule has 0 bridgehead atoms. The summed E-state index contributed by atoms with van der Waals surface area (Å²) >= 11 is 0. The number of carbonyl (C=O) groups excluding carboxylic acids is 1. The molecule has 0 spiro atoms. The quantitative estimate of drug-likeness (QED) is 0.285. The van der Waals surface area contributed by atoms with Gasteiger partial charge in [-0.15, -0.1) is 0 Å². The Morgan fingerprint density at radius 1 is 0.891 bits per heavy atom. The first-order valence-corrected chi connectivity index (χ1v) is 17.0. The number of carbonyl (C=O) groups is 1. The standard InChI is InChI=1S/C38H43N5O3/c1-26-23-42(18-14-39-26)31-10-6-27(7-11-31)19-30-22-34(38(44)43-17-4-5-32(43)24-41-15-2-3-16-41)33-20-28(8-12-35(33)40-30)29-9-13-36-37(21-29)46-25-45-36/h6-13,20-22,26,32,39H,2-5,14-19,23-25H2,1H3. The number of piperazine rings is 1. The van der Waals surface area contributed by atoms with Crippen molar-refractivity contribution in [1.82, 2.24) is 20.1 Å². The second-order valence-electron chi connectivity index (χ2n) is 13.4. The zero-order valence-corrected chi connectivity index (χ0v) is 26.7. The molecular weight excluding hydrogens is 574 g/mol. The van der Waals surface area contributed by atoms with Crippen LogP contribution in [0, 0.1) is 0 Å². The molecule has 46 heavy (non-hydrogen) atoms. The van der Waals surface area contributed by atoms with E-state index >= 15 is 0 Å². The van der Waals surface area contributed by atoms with Crippen molar-refractivity contribution in [2.75, 3.05) is 57.5 Å². The van der Waals surface area contributed by atoms with Gasteiger partial charge in [0.15, 0.2) is 11.5 Å². The van der Waals surface area contributed by atoms with Crippen LogP contribution < -0.4 is 19.7 Å². The molecule has 2 atom stereocenters. The number of hydrogen-bond donors (Lipinski definition) is 1. The highest BCUT2D eigenvalue weighted by molar-refractivity contribution is 6.07. The van der Waals surface area contributed by atoms with Gasteiger partial charge in [0.05, 0.1) is 11.1 Å². The van der Waals surface area contributed by atoms with E-state index in [1.54, 1.807) is 0 Å². The topological polar surface area (TPSA) is 70.2 Å². The average Bonchev–Trinajstić information content (AvgIpc) is 3.87. The third-order valence-electron chi connectivity index (χ3n) is 10.2. The minimum Gasteiger partial charge on any atom is -0.454 e. The molecule has 3 saturated heterocycles. The number of likely N-dealkylation sites (tertiary alicyclic amines) is 2. The highest BCUT2D eigenvalue weighted by Gasteiger charge is 2.32. The first-order valence-electron chi connectivity index (χ1n) is 17.0. The first-order chi connectivity index (χ1) is 22.6. The van der Waals surface area contributed by atoms with Crippen LogP contribution in [-0.2, 0) is 6.42 Å². The minimum atomic E-state index is 0.126. The van der Waals surface area contributed by atoms with Crippen molar-refractivity contribution in [3.05, 3.63) is 83.6 Å². The highest BCUT2D eigenvalue weighted by atomic mass is 16.7. The molecule has 4 aliphatic heterocycles. The summed E-state index contributed by atoms with van der Waals surface area (Å²) in [6, 6.07) is 24.0. The van der Waals surface area contributed by atoms with E-state index in [0.29, 0.717) is 12.5 Å². The Labute approximate surface area is 271 Å². The van der Waals surface area contributed by atoms with Gasteiger partial charge in [0.1, 0.15) is 0 Å². The molecular formula is C38H43N5O3. The Morgan fingerprint density at radius 2 is 1.70 bits per heavy atom. The number of amides is 1. The lowest BCUT2D eigenvalue weighted by molar-refractivity contribution is 0.0710. The molecule has 0 radical (unpaired) electrons. The number of nitrogens with one attached hydrogen (secondary N) is 1. The van der Waals surface area contributed by atoms with Crippen LogP contribution >= 0.6 is 0 Å². The second kappa shape index (κ2) is 12.6.